The molecule has 2 unspecified atom stereocenters. The summed E-state index contributed by atoms with van der Waals surface area (Å²) in [6.45, 7) is 7.18. The Bertz CT molecular complexity index is 1100. The first kappa shape index (κ1) is 20.7. The molecule has 31 heavy (non-hydrogen) atoms. The summed E-state index contributed by atoms with van der Waals surface area (Å²) in [7, 11) is 3.70. The van der Waals surface area contributed by atoms with Gasteiger partial charge in [-0.3, -0.25) is 9.69 Å². The third-order valence-corrected chi connectivity index (χ3v) is 7.51. The van der Waals surface area contributed by atoms with Crippen LogP contribution in [0.15, 0.2) is 10.9 Å². The van der Waals surface area contributed by atoms with Crippen molar-refractivity contribution in [1.29, 1.82) is 0 Å². The summed E-state index contributed by atoms with van der Waals surface area (Å²) in [5.41, 5.74) is 1.18. The fourth-order valence-electron chi connectivity index (χ4n) is 5.51. The van der Waals surface area contributed by atoms with Gasteiger partial charge >= 0.3 is 0 Å². The Balaban J connectivity index is 1.81. The van der Waals surface area contributed by atoms with E-state index in [-0.39, 0.29) is 34.8 Å². The number of fused-ring (bicyclic) bond motifs is 5. The zero-order valence-electron chi connectivity index (χ0n) is 18.6. The van der Waals surface area contributed by atoms with Crippen LogP contribution >= 0.6 is 0 Å². The van der Waals surface area contributed by atoms with Crippen LogP contribution in [0.4, 0.5) is 20.2 Å². The molecule has 4 heterocycles. The average molecular weight is 433 g/mol. The number of hydrogen-bond acceptors (Lipinski definition) is 5. The van der Waals surface area contributed by atoms with Gasteiger partial charge in [0, 0.05) is 62.9 Å². The first-order valence-corrected chi connectivity index (χ1v) is 11.1. The normalized spacial score (nSPS) is 25.1. The second kappa shape index (κ2) is 7.45. The molecule has 0 saturated carbocycles. The lowest BCUT2D eigenvalue weighted by Gasteiger charge is -2.53. The van der Waals surface area contributed by atoms with E-state index in [1.54, 1.807) is 7.05 Å². The first-order valence-electron chi connectivity index (χ1n) is 11.1. The topological polar surface area (TPSA) is 41.0 Å². The number of anilines is 2. The molecule has 0 aliphatic carbocycles. The predicted octanol–water partition coefficient (Wildman–Crippen LogP) is 2.63. The number of pyridine rings is 1. The van der Waals surface area contributed by atoms with Crippen LogP contribution in [0.3, 0.4) is 0 Å². The van der Waals surface area contributed by atoms with Crippen molar-refractivity contribution in [1.82, 2.24) is 9.47 Å². The Morgan fingerprint density at radius 2 is 1.68 bits per heavy atom. The Morgan fingerprint density at radius 1 is 1.00 bits per heavy atom. The summed E-state index contributed by atoms with van der Waals surface area (Å²) in [5, 5.41) is 0.483. The number of piperazine rings is 1. The molecule has 5 rings (SSSR count). The molecule has 3 aliphatic heterocycles. The van der Waals surface area contributed by atoms with Crippen molar-refractivity contribution in [3.05, 3.63) is 33.6 Å². The monoisotopic (exact) mass is 432 g/mol. The van der Waals surface area contributed by atoms with Crippen molar-refractivity contribution in [2.75, 3.05) is 49.7 Å². The summed E-state index contributed by atoms with van der Waals surface area (Å²) < 4.78 is 36.9. The van der Waals surface area contributed by atoms with Crippen molar-refractivity contribution >= 4 is 22.3 Å². The van der Waals surface area contributed by atoms with Crippen LogP contribution in [0, 0.1) is 18.6 Å². The summed E-state index contributed by atoms with van der Waals surface area (Å²) >= 11 is 0. The number of aryl methyl sites for hydroxylation is 1. The van der Waals surface area contributed by atoms with E-state index >= 15 is 4.39 Å². The molecule has 168 valence electrons. The van der Waals surface area contributed by atoms with Crippen LogP contribution in [-0.2, 0) is 11.8 Å². The molecule has 0 bridgehead atoms. The summed E-state index contributed by atoms with van der Waals surface area (Å²) in [4.78, 5) is 20.4. The fraction of sp³-hybridized carbons (Fsp3) is 0.609. The number of hydrogen-bond donors (Lipinski definition) is 0. The number of ether oxygens (including phenoxy) is 1. The van der Waals surface area contributed by atoms with Gasteiger partial charge in [0.2, 0.25) is 0 Å². The third kappa shape index (κ3) is 3.06. The quantitative estimate of drug-likeness (QED) is 0.693. The molecule has 0 spiro atoms. The minimum atomic E-state index is -0.653. The van der Waals surface area contributed by atoms with Crippen LogP contribution in [0.5, 0.6) is 0 Å². The van der Waals surface area contributed by atoms with Crippen molar-refractivity contribution < 1.29 is 13.5 Å². The molecule has 2 atom stereocenters. The van der Waals surface area contributed by atoms with Crippen molar-refractivity contribution in [3.8, 4) is 0 Å². The van der Waals surface area contributed by atoms with Gasteiger partial charge in [-0.1, -0.05) is 0 Å². The number of halogens is 2. The predicted molar refractivity (Wildman–Crippen MR) is 118 cm³/mol. The van der Waals surface area contributed by atoms with Gasteiger partial charge in [0.15, 0.2) is 5.82 Å². The molecule has 0 amide bonds. The third-order valence-electron chi connectivity index (χ3n) is 7.51. The lowest BCUT2D eigenvalue weighted by Crippen LogP contribution is -2.64. The van der Waals surface area contributed by atoms with Crippen LogP contribution < -0.4 is 15.4 Å². The molecule has 6 nitrogen and oxygen atoms in total. The average Bonchev–Trinajstić information content (AvgIpc) is 2.76. The Labute approximate surface area is 181 Å². The highest BCUT2D eigenvalue weighted by Crippen LogP contribution is 2.43. The van der Waals surface area contributed by atoms with Crippen molar-refractivity contribution in [2.24, 2.45) is 7.05 Å². The minimum Gasteiger partial charge on any atom is -0.381 e. The zero-order chi connectivity index (χ0) is 22.0. The van der Waals surface area contributed by atoms with E-state index in [4.69, 9.17) is 4.74 Å². The summed E-state index contributed by atoms with van der Waals surface area (Å²) in [6.07, 6.45) is 1.69. The highest BCUT2D eigenvalue weighted by Gasteiger charge is 2.42. The van der Waals surface area contributed by atoms with Crippen LogP contribution in [-0.4, -0.2) is 67.5 Å². The van der Waals surface area contributed by atoms with Crippen molar-refractivity contribution in [2.45, 2.75) is 44.8 Å². The maximum Gasteiger partial charge on any atom is 0.276 e. The molecule has 1 aromatic carbocycles. The molecule has 2 saturated heterocycles. The van der Waals surface area contributed by atoms with Gasteiger partial charge in [-0.25, -0.2) is 8.78 Å². The van der Waals surface area contributed by atoms with E-state index in [2.05, 4.69) is 28.7 Å². The molecule has 8 heteroatoms. The molecule has 2 aromatic rings. The lowest BCUT2D eigenvalue weighted by atomic mass is 9.95. The summed E-state index contributed by atoms with van der Waals surface area (Å²) in [6, 6.07) is 2.03. The second-order valence-corrected chi connectivity index (χ2v) is 9.35. The van der Waals surface area contributed by atoms with E-state index in [1.807, 2.05) is 0 Å². The minimum absolute atomic E-state index is 0.0529. The van der Waals surface area contributed by atoms with E-state index in [0.717, 1.165) is 32.5 Å². The Kier molecular flexibility index (Phi) is 4.97. The second-order valence-electron chi connectivity index (χ2n) is 9.35. The van der Waals surface area contributed by atoms with E-state index in [1.165, 1.54) is 17.6 Å². The number of rotatable bonds is 1. The van der Waals surface area contributed by atoms with Crippen LogP contribution in [0.25, 0.3) is 10.9 Å². The van der Waals surface area contributed by atoms with Crippen LogP contribution in [0.2, 0.25) is 0 Å². The van der Waals surface area contributed by atoms with Gasteiger partial charge in [0.05, 0.1) is 17.2 Å². The molecular formula is C23H30F2N4O2. The maximum atomic E-state index is 15.2. The van der Waals surface area contributed by atoms with E-state index in [0.29, 0.717) is 30.0 Å². The number of nitrogens with zero attached hydrogens (tertiary/aromatic N) is 4. The molecule has 1 aromatic heterocycles. The zero-order valence-corrected chi connectivity index (χ0v) is 18.6. The standard InChI is InChI=1S/C23H30F2N4O2/c1-13-10-28-16(11-26(13)3)12-29(15-5-7-31-8-6-15)22-21(28)17-9-18(24)14(2)19(25)20(17)27(4)23(22)30/h9,13,15-16H,5-8,10-12H2,1-4H3. The van der Waals surface area contributed by atoms with Crippen molar-refractivity contribution in [3.63, 3.8) is 0 Å². The number of aromatic nitrogens is 1. The van der Waals surface area contributed by atoms with Gasteiger partial charge < -0.3 is 19.1 Å². The van der Waals surface area contributed by atoms with Gasteiger partial charge in [-0.05, 0) is 39.8 Å². The smallest absolute Gasteiger partial charge is 0.276 e. The maximum absolute atomic E-state index is 15.2. The van der Waals surface area contributed by atoms with Gasteiger partial charge in [-0.15, -0.1) is 0 Å². The molecular weight excluding hydrogens is 402 g/mol. The van der Waals surface area contributed by atoms with Gasteiger partial charge in [0.25, 0.3) is 5.56 Å². The Hall–Kier alpha value is -2.19. The largest absolute Gasteiger partial charge is 0.381 e. The number of likely N-dealkylation sites (N-methyl/N-ethyl adjacent to an activating group) is 1. The molecule has 0 N–H and O–H groups in total. The van der Waals surface area contributed by atoms with E-state index in [9.17, 15) is 9.18 Å². The summed E-state index contributed by atoms with van der Waals surface area (Å²) in [5.74, 6) is -1.23. The van der Waals surface area contributed by atoms with Gasteiger partial charge in [0.1, 0.15) is 11.5 Å². The Morgan fingerprint density at radius 3 is 2.39 bits per heavy atom. The molecule has 3 aliphatic rings. The molecule has 2 fully saturated rings. The highest BCUT2D eigenvalue weighted by atomic mass is 19.1. The van der Waals surface area contributed by atoms with Gasteiger partial charge in [-0.2, -0.15) is 0 Å². The van der Waals surface area contributed by atoms with Crippen LogP contribution in [0.1, 0.15) is 25.3 Å². The fourth-order valence-corrected chi connectivity index (χ4v) is 5.51. The lowest BCUT2D eigenvalue weighted by molar-refractivity contribution is 0.0829. The SMILES string of the molecule is Cc1c(F)cc2c3c(c(=O)n(C)c2c1F)N(C1CCOCC1)CC1CN(C)C(C)CN31. The van der Waals surface area contributed by atoms with E-state index < -0.39 is 11.6 Å². The molecule has 0 radical (unpaired) electrons. The highest BCUT2D eigenvalue weighted by molar-refractivity contribution is 6.00. The number of benzene rings is 1. The first-order chi connectivity index (χ1) is 14.8.